The molecule has 6 nitrogen and oxygen atoms in total. The van der Waals surface area contributed by atoms with Crippen LogP contribution in [0.5, 0.6) is 0 Å². The Morgan fingerprint density at radius 2 is 1.59 bits per heavy atom. The molecule has 0 bridgehead atoms. The predicted octanol–water partition coefficient (Wildman–Crippen LogP) is 3.94. The molecule has 0 aromatic heterocycles. The van der Waals surface area contributed by atoms with E-state index in [1.807, 2.05) is 0 Å². The quantitative estimate of drug-likeness (QED) is 0.430. The van der Waals surface area contributed by atoms with Crippen molar-refractivity contribution in [1.29, 1.82) is 0 Å². The molecule has 9 heteroatoms. The molecule has 2 aromatic carbocycles. The lowest BCUT2D eigenvalue weighted by atomic mass is 10.2. The van der Waals surface area contributed by atoms with Gasteiger partial charge in [0.05, 0.1) is 4.90 Å². The molecule has 0 radical (unpaired) electrons. The molecule has 0 saturated heterocycles. The number of halogens is 1. The first kappa shape index (κ1) is 23.0. The van der Waals surface area contributed by atoms with Crippen LogP contribution in [0.25, 0.3) is 0 Å². The summed E-state index contributed by atoms with van der Waals surface area (Å²) in [6.07, 6.45) is 3.03. The average Bonchev–Trinajstić information content (AvgIpc) is 2.68. The number of amides is 1. The molecule has 0 aliphatic heterocycles. The zero-order valence-electron chi connectivity index (χ0n) is 15.5. The number of carbonyl (C=O) groups is 1. The average molecular weight is 494 g/mol. The predicted molar refractivity (Wildman–Crippen MR) is 123 cm³/mol. The number of hydrogen-bond donors (Lipinski definition) is 2. The van der Waals surface area contributed by atoms with E-state index < -0.39 is 10.0 Å². The van der Waals surface area contributed by atoms with Crippen LogP contribution in [0.15, 0.2) is 83.2 Å². The lowest BCUT2D eigenvalue weighted by Gasteiger charge is -2.19. The lowest BCUT2D eigenvalue weighted by Crippen LogP contribution is -2.34. The molecule has 0 saturated carbocycles. The van der Waals surface area contributed by atoms with Crippen molar-refractivity contribution in [2.24, 2.45) is 0 Å². The molecule has 0 fully saturated rings. The van der Waals surface area contributed by atoms with Crippen molar-refractivity contribution < 1.29 is 13.2 Å². The Morgan fingerprint density at radius 1 is 1.03 bits per heavy atom. The Bertz CT molecular complexity index is 994. The Labute approximate surface area is 184 Å². The number of carbonyl (C=O) groups excluding carboxylic acids is 1. The van der Waals surface area contributed by atoms with Gasteiger partial charge in [-0.1, -0.05) is 28.1 Å². The molecule has 0 spiro atoms. The fourth-order valence-electron chi connectivity index (χ4n) is 2.36. The van der Waals surface area contributed by atoms with Gasteiger partial charge in [-0.3, -0.25) is 10.1 Å². The molecular formula is C20H20BrN3O3S2. The van der Waals surface area contributed by atoms with Crippen LogP contribution in [0.4, 0.5) is 5.69 Å². The number of nitrogens with zero attached hydrogens (tertiary/aromatic N) is 1. The molecule has 1 amide bonds. The molecule has 0 aliphatic carbocycles. The summed E-state index contributed by atoms with van der Waals surface area (Å²) in [6.45, 7) is 7.53. The number of sulfonamides is 1. The minimum absolute atomic E-state index is 0.105. The topological polar surface area (TPSA) is 78.5 Å². The van der Waals surface area contributed by atoms with Crippen LogP contribution < -0.4 is 10.6 Å². The van der Waals surface area contributed by atoms with Crippen LogP contribution in [-0.4, -0.2) is 36.8 Å². The molecule has 0 unspecified atom stereocenters. The highest BCUT2D eigenvalue weighted by atomic mass is 79.9. The molecule has 0 aliphatic rings. The zero-order chi connectivity index (χ0) is 21.4. The van der Waals surface area contributed by atoms with Gasteiger partial charge in [-0.15, -0.1) is 13.2 Å². The van der Waals surface area contributed by atoms with Crippen molar-refractivity contribution in [3.8, 4) is 0 Å². The van der Waals surface area contributed by atoms with Gasteiger partial charge >= 0.3 is 0 Å². The van der Waals surface area contributed by atoms with Crippen molar-refractivity contribution in [2.75, 3.05) is 18.4 Å². The first-order valence-corrected chi connectivity index (χ1v) is 11.1. The van der Waals surface area contributed by atoms with E-state index in [0.29, 0.717) is 11.3 Å². The van der Waals surface area contributed by atoms with E-state index in [2.05, 4.69) is 39.7 Å². The number of hydrogen-bond acceptors (Lipinski definition) is 4. The van der Waals surface area contributed by atoms with Gasteiger partial charge in [0.25, 0.3) is 5.91 Å². The zero-order valence-corrected chi connectivity index (χ0v) is 18.7. The van der Waals surface area contributed by atoms with Gasteiger partial charge in [0.1, 0.15) is 0 Å². The van der Waals surface area contributed by atoms with Crippen molar-refractivity contribution in [3.05, 3.63) is 83.9 Å². The second-order valence-electron chi connectivity index (χ2n) is 5.84. The standard InChI is InChI=1S/C20H20BrN3O3S2/c1-3-13-24(14-4-2)29(26,27)18-11-9-17(10-12-18)22-20(28)23-19(25)15-5-7-16(21)8-6-15/h3-12H,1-2,13-14H2,(H2,22,23,25,28). The highest BCUT2D eigenvalue weighted by Gasteiger charge is 2.22. The Morgan fingerprint density at radius 3 is 2.10 bits per heavy atom. The van der Waals surface area contributed by atoms with E-state index in [1.165, 1.54) is 28.6 Å². The maximum Gasteiger partial charge on any atom is 0.257 e. The van der Waals surface area contributed by atoms with Gasteiger partial charge in [-0.25, -0.2) is 8.42 Å². The number of anilines is 1. The molecular weight excluding hydrogens is 474 g/mol. The van der Waals surface area contributed by atoms with E-state index in [4.69, 9.17) is 12.2 Å². The highest BCUT2D eigenvalue weighted by molar-refractivity contribution is 9.10. The summed E-state index contributed by atoms with van der Waals surface area (Å²) in [4.78, 5) is 12.3. The van der Waals surface area contributed by atoms with Gasteiger partial charge < -0.3 is 5.32 Å². The largest absolute Gasteiger partial charge is 0.332 e. The molecule has 29 heavy (non-hydrogen) atoms. The van der Waals surface area contributed by atoms with E-state index in [9.17, 15) is 13.2 Å². The summed E-state index contributed by atoms with van der Waals surface area (Å²) in [5, 5.41) is 5.54. The second-order valence-corrected chi connectivity index (χ2v) is 9.10. The number of rotatable bonds is 8. The number of benzene rings is 2. The van der Waals surface area contributed by atoms with Gasteiger partial charge in [0.2, 0.25) is 10.0 Å². The minimum atomic E-state index is -3.67. The van der Waals surface area contributed by atoms with E-state index >= 15 is 0 Å². The summed E-state index contributed by atoms with van der Waals surface area (Å²) in [7, 11) is -3.67. The van der Waals surface area contributed by atoms with Crippen LogP contribution in [0.2, 0.25) is 0 Å². The number of nitrogens with one attached hydrogen (secondary N) is 2. The Balaban J connectivity index is 2.05. The summed E-state index contributed by atoms with van der Waals surface area (Å²) in [5.41, 5.74) is 1.01. The minimum Gasteiger partial charge on any atom is -0.332 e. The van der Waals surface area contributed by atoms with Gasteiger partial charge in [0, 0.05) is 28.8 Å². The smallest absolute Gasteiger partial charge is 0.257 e. The maximum absolute atomic E-state index is 12.7. The summed E-state index contributed by atoms with van der Waals surface area (Å²) in [5.74, 6) is -0.348. The highest BCUT2D eigenvalue weighted by Crippen LogP contribution is 2.18. The second kappa shape index (κ2) is 10.4. The SMILES string of the molecule is C=CCN(CC=C)S(=O)(=O)c1ccc(NC(=S)NC(=O)c2ccc(Br)cc2)cc1. The summed E-state index contributed by atoms with van der Waals surface area (Å²) < 4.78 is 27.5. The normalized spacial score (nSPS) is 11.0. The van der Waals surface area contributed by atoms with Gasteiger partial charge in [-0.2, -0.15) is 4.31 Å². The first-order valence-electron chi connectivity index (χ1n) is 8.48. The Kier molecular flexibility index (Phi) is 8.27. The third-order valence-electron chi connectivity index (χ3n) is 3.75. The van der Waals surface area contributed by atoms with Crippen LogP contribution in [0.1, 0.15) is 10.4 Å². The maximum atomic E-state index is 12.7. The first-order chi connectivity index (χ1) is 13.8. The lowest BCUT2D eigenvalue weighted by molar-refractivity contribution is 0.0977. The molecule has 0 heterocycles. The Hall–Kier alpha value is -2.33. The van der Waals surface area contributed by atoms with Gasteiger partial charge in [0.15, 0.2) is 5.11 Å². The fourth-order valence-corrected chi connectivity index (χ4v) is 4.21. The van der Waals surface area contributed by atoms with Gasteiger partial charge in [-0.05, 0) is 60.7 Å². The summed E-state index contributed by atoms with van der Waals surface area (Å²) in [6, 6.07) is 12.9. The van der Waals surface area contributed by atoms with Crippen LogP contribution in [0.3, 0.4) is 0 Å². The third-order valence-corrected chi connectivity index (χ3v) is 6.33. The molecule has 2 aromatic rings. The van der Waals surface area contributed by atoms with Crippen LogP contribution >= 0.6 is 28.1 Å². The van der Waals surface area contributed by atoms with Crippen molar-refractivity contribution >= 4 is 54.9 Å². The molecule has 2 rings (SSSR count). The van der Waals surface area contributed by atoms with E-state index in [1.54, 1.807) is 36.4 Å². The summed E-state index contributed by atoms with van der Waals surface area (Å²) >= 11 is 8.46. The monoisotopic (exact) mass is 493 g/mol. The van der Waals surface area contributed by atoms with Crippen LogP contribution in [-0.2, 0) is 10.0 Å². The molecule has 0 atom stereocenters. The third kappa shape index (κ3) is 6.33. The van der Waals surface area contributed by atoms with E-state index in [0.717, 1.165) is 4.47 Å². The van der Waals surface area contributed by atoms with E-state index in [-0.39, 0.29) is 29.0 Å². The fraction of sp³-hybridized carbons (Fsp3) is 0.100. The molecule has 2 N–H and O–H groups in total. The van der Waals surface area contributed by atoms with Crippen molar-refractivity contribution in [2.45, 2.75) is 4.90 Å². The molecule has 152 valence electrons. The van der Waals surface area contributed by atoms with Crippen molar-refractivity contribution in [1.82, 2.24) is 9.62 Å². The van der Waals surface area contributed by atoms with Crippen LogP contribution in [0, 0.1) is 0 Å². The van der Waals surface area contributed by atoms with Crippen molar-refractivity contribution in [3.63, 3.8) is 0 Å². The number of thiocarbonyl (C=S) groups is 1.